The maximum absolute atomic E-state index is 12.4. The second-order valence-corrected chi connectivity index (χ2v) is 33.2. The maximum Gasteiger partial charge on any atom is 0.407 e. The number of benzene rings is 4. The van der Waals surface area contributed by atoms with Crippen LogP contribution in [0, 0.1) is 3.57 Å². The van der Waals surface area contributed by atoms with Crippen LogP contribution in [0.25, 0.3) is 17.1 Å². The third-order valence-electron chi connectivity index (χ3n) is 18.6. The summed E-state index contributed by atoms with van der Waals surface area (Å²) in [6.45, 7) is 11.2. The second kappa shape index (κ2) is 50.1. The number of primary amides is 2. The van der Waals surface area contributed by atoms with Gasteiger partial charge in [-0.15, -0.1) is 0 Å². The van der Waals surface area contributed by atoms with Crippen LogP contribution in [0.4, 0.5) is 61.6 Å². The fourth-order valence-corrected chi connectivity index (χ4v) is 13.8. The van der Waals surface area contributed by atoms with Crippen molar-refractivity contribution in [1.82, 2.24) is 69.2 Å². The quantitative estimate of drug-likeness (QED) is 0.00879. The van der Waals surface area contributed by atoms with E-state index in [1.54, 1.807) is 153 Å². The predicted molar refractivity (Wildman–Crippen MR) is 513 cm³/mol. The van der Waals surface area contributed by atoms with Crippen molar-refractivity contribution in [1.29, 1.82) is 0 Å². The highest BCUT2D eigenvalue weighted by atomic mass is 127. The van der Waals surface area contributed by atoms with Gasteiger partial charge >= 0.3 is 24.1 Å². The van der Waals surface area contributed by atoms with Crippen LogP contribution in [-0.2, 0) is 14.2 Å². The number of anilines is 9. The normalized spacial score (nSPS) is 14.2. The molecule has 8 aromatic heterocycles. The van der Waals surface area contributed by atoms with E-state index in [-0.39, 0.29) is 86.9 Å². The molecule has 12 aromatic rings. The first kappa shape index (κ1) is 99.9. The fourth-order valence-electron chi connectivity index (χ4n) is 12.4. The number of aromatic amines is 1. The number of carboxylic acid groups (broad SMARTS) is 1. The Morgan fingerprint density at radius 3 is 1.27 bits per heavy atom. The Hall–Kier alpha value is -13.8. The van der Waals surface area contributed by atoms with Gasteiger partial charge in [-0.25, -0.2) is 54.1 Å². The Morgan fingerprint density at radius 1 is 0.500 bits per heavy atom. The van der Waals surface area contributed by atoms with E-state index in [4.69, 9.17) is 31.4 Å². The maximum atomic E-state index is 12.4. The van der Waals surface area contributed by atoms with Gasteiger partial charge in [0.25, 0.3) is 28.5 Å². The minimum atomic E-state index is -1.11. The Balaban J connectivity index is 0.000000185. The molecule has 0 bridgehead atoms. The summed E-state index contributed by atoms with van der Waals surface area (Å²) in [6.07, 6.45) is 24.7. The van der Waals surface area contributed by atoms with Gasteiger partial charge in [-0.05, 0) is 230 Å². The number of carbonyl (C=O) groups is 6. The number of aromatic nitrogens is 12. The first-order chi connectivity index (χ1) is 62.4. The van der Waals surface area contributed by atoms with Gasteiger partial charge in [0.15, 0.2) is 15.5 Å². The van der Waals surface area contributed by atoms with Gasteiger partial charge in [-0.3, -0.25) is 42.5 Å². The highest BCUT2D eigenvalue weighted by Crippen LogP contribution is 2.30. The van der Waals surface area contributed by atoms with E-state index in [9.17, 15) is 53.1 Å². The molecule has 2 aliphatic carbocycles. The molecule has 680 valence electrons. The standard InChI is InChI=1S/C27H33N7O4.C17H15N5O2S.C17H14N4O3S.C14H14IN3O2S.C10H20N2O2.C5H5NO/c1-27(2,3)38-26(37)32-21-9-5-4-8-20(21)31-25-29-16-19(23(28)36)24(33-25)30-17-11-13-18(14-12-17)34-15-7-6-10-22(34)35;1-25-17-19-10-13(15(18)24)16(21-17)20-11-5-7-12(8-6-11)22-9-3-2-4-14(22)23;1-25-17-18-10-13(16(23)24)15(20-17)19-11-5-7-12(8-6-11)21-9-3-2-4-14(21)22;1-3-20-13(19)11-8-16-14(21-2)18-12(11)17-10-6-4-9(15)5-7-10;1-7(2)14-10(13)12-9-6-4-3-5-8(9)11;7-5-3-1-2-4-6-5/h6-7,10-16,20-21H,4-5,8-9H2,1-3H3,(H2,28,36)(H,32,37)(H2,29,30,31,33);2-10H,1H3,(H2,18,24)(H,19,20,21);2-10H,1H3,(H,23,24)(H,18,19,20);4-8H,3H2,1-2H3,(H,16,17,18);7-9H,3-6,11H2,1-2H3,(H,12,13);1-4H,(H,6,7)/t20-,21+;;;;8-,9+;/m1...1./s1. The van der Waals surface area contributed by atoms with Crippen LogP contribution in [0.5, 0.6) is 0 Å². The number of nitrogens with two attached hydrogens (primary N) is 3. The van der Waals surface area contributed by atoms with E-state index in [1.807, 2.05) is 77.7 Å². The topological polar surface area (TPSA) is 515 Å². The van der Waals surface area contributed by atoms with Gasteiger partial charge in [-0.1, -0.05) is 85.2 Å². The number of amides is 4. The van der Waals surface area contributed by atoms with Crippen molar-refractivity contribution in [2.24, 2.45) is 17.2 Å². The number of carboxylic acids is 1. The second-order valence-electron chi connectivity index (χ2n) is 29.6. The summed E-state index contributed by atoms with van der Waals surface area (Å²) in [5.74, 6) is -1.26. The number of H-pyrrole nitrogens is 1. The number of hydrogen-bond acceptors (Lipinski definition) is 30. The monoisotopic (exact) mass is 1940 g/mol. The number of esters is 1. The number of nitrogens with zero attached hydrogens (tertiary/aromatic N) is 11. The Labute approximate surface area is 775 Å². The number of nitrogens with one attached hydrogen (secondary N) is 8. The van der Waals surface area contributed by atoms with Crippen molar-refractivity contribution in [3.63, 3.8) is 0 Å². The number of rotatable bonds is 24. The van der Waals surface area contributed by atoms with Crippen molar-refractivity contribution in [3.05, 3.63) is 287 Å². The van der Waals surface area contributed by atoms with Crippen LogP contribution < -0.4 is 76.7 Å². The van der Waals surface area contributed by atoms with Crippen LogP contribution in [0.3, 0.4) is 0 Å². The van der Waals surface area contributed by atoms with Crippen molar-refractivity contribution in [2.45, 2.75) is 144 Å². The average molecular weight is 1940 g/mol. The summed E-state index contributed by atoms with van der Waals surface area (Å²) >= 11 is 6.34. The summed E-state index contributed by atoms with van der Waals surface area (Å²) < 4.78 is 21.2. The first-order valence-electron chi connectivity index (χ1n) is 40.8. The summed E-state index contributed by atoms with van der Waals surface area (Å²) in [5, 5.41) is 32.3. The lowest BCUT2D eigenvalue weighted by molar-refractivity contribution is 0.0485. The molecule has 8 heterocycles. The lowest BCUT2D eigenvalue weighted by Crippen LogP contribution is -2.50. The van der Waals surface area contributed by atoms with E-state index >= 15 is 0 Å². The molecule has 40 heteroatoms. The number of carbonyl (C=O) groups excluding carboxylic acids is 5. The van der Waals surface area contributed by atoms with Gasteiger partial charge < -0.3 is 78.7 Å². The molecule has 2 aliphatic rings. The number of aromatic carboxylic acids is 1. The van der Waals surface area contributed by atoms with Gasteiger partial charge in [0.2, 0.25) is 11.5 Å². The third-order valence-corrected chi connectivity index (χ3v) is 21.0. The van der Waals surface area contributed by atoms with E-state index in [1.165, 1.54) is 104 Å². The minimum Gasteiger partial charge on any atom is -0.477 e. The van der Waals surface area contributed by atoms with Gasteiger partial charge in [0.05, 0.1) is 18.8 Å². The molecule has 0 spiro atoms. The number of hydrogen-bond donors (Lipinski definition) is 12. The van der Waals surface area contributed by atoms with E-state index in [0.29, 0.717) is 73.7 Å². The molecular weight excluding hydrogens is 1840 g/mol. The van der Waals surface area contributed by atoms with Gasteiger partial charge in [0.1, 0.15) is 51.1 Å². The molecular formula is C90H101IN22O14S3. The van der Waals surface area contributed by atoms with Gasteiger partial charge in [-0.2, -0.15) is 4.98 Å². The third kappa shape index (κ3) is 31.6. The Bertz CT molecular complexity index is 5870. The van der Waals surface area contributed by atoms with Gasteiger partial charge in [0, 0.05) is 135 Å². The van der Waals surface area contributed by atoms with Crippen molar-refractivity contribution in [2.75, 3.05) is 52.0 Å². The molecule has 130 heavy (non-hydrogen) atoms. The van der Waals surface area contributed by atoms with Crippen LogP contribution in [-0.4, -0.2) is 161 Å². The van der Waals surface area contributed by atoms with Crippen molar-refractivity contribution >= 4 is 146 Å². The molecule has 4 aromatic carbocycles. The molecule has 0 saturated heterocycles. The first-order valence-corrected chi connectivity index (χ1v) is 45.5. The average Bonchev–Trinajstić information content (AvgIpc) is 0.806. The molecule has 4 amide bonds. The molecule has 14 rings (SSSR count). The van der Waals surface area contributed by atoms with E-state index < -0.39 is 35.4 Å². The zero-order chi connectivity index (χ0) is 93.8. The lowest BCUT2D eigenvalue weighted by atomic mass is 9.90. The zero-order valence-electron chi connectivity index (χ0n) is 72.5. The number of halogens is 1. The predicted octanol–water partition coefficient (Wildman–Crippen LogP) is 14.2. The van der Waals surface area contributed by atoms with Crippen LogP contribution in [0.2, 0.25) is 0 Å². The van der Waals surface area contributed by atoms with Crippen molar-refractivity contribution < 1.29 is 48.1 Å². The van der Waals surface area contributed by atoms with Crippen LogP contribution in [0.15, 0.2) is 254 Å². The van der Waals surface area contributed by atoms with Crippen LogP contribution in [0.1, 0.15) is 134 Å². The highest BCUT2D eigenvalue weighted by Gasteiger charge is 2.30. The molecule has 15 N–H and O–H groups in total. The molecule has 0 radical (unpaired) electrons. The molecule has 2 fully saturated rings. The highest BCUT2D eigenvalue weighted by molar-refractivity contribution is 14.1. The molecule has 0 unspecified atom stereocenters. The SMILES string of the molecule is CC(C)(C)OC(=O)N[C@H]1CCCC[C@H]1Nc1ncc(C(N)=O)c(Nc2ccc(-n3ccccc3=O)cc2)n1.CC(C)OC(=O)N[C@H]1CCCC[C@H]1N.CCOC(=O)c1cnc(SC)nc1Nc1ccc(I)cc1.CSc1ncc(C(=O)O)c(Nc2ccc(-n3ccccc3=O)cc2)n1.CSc1ncc(C(N)=O)c(Nc2ccc(-n3ccccc3=O)cc2)n1.O=c1cccc[nH]1. The number of thioether (sulfide) groups is 3. The minimum absolute atomic E-state index is 0.0128. The zero-order valence-corrected chi connectivity index (χ0v) is 77.2. The Kier molecular flexibility index (Phi) is 38.5. The number of pyridine rings is 4. The number of alkyl carbamates (subject to hydrolysis) is 2. The molecule has 36 nitrogen and oxygen atoms in total. The summed E-state index contributed by atoms with van der Waals surface area (Å²) in [6, 6.07) is 48.8. The summed E-state index contributed by atoms with van der Waals surface area (Å²) in [4.78, 5) is 153. The summed E-state index contributed by atoms with van der Waals surface area (Å²) in [7, 11) is 0. The van der Waals surface area contributed by atoms with Crippen LogP contribution >= 0.6 is 57.9 Å². The fraction of sp³-hybridized carbons (Fsp3) is 0.267. The number of ether oxygens (including phenoxy) is 3. The smallest absolute Gasteiger partial charge is 0.407 e. The molecule has 0 aliphatic heterocycles. The molecule has 2 saturated carbocycles. The van der Waals surface area contributed by atoms with Crippen molar-refractivity contribution in [3.8, 4) is 17.1 Å². The van der Waals surface area contributed by atoms with E-state index in [2.05, 4.69) is 105 Å². The van der Waals surface area contributed by atoms with E-state index in [0.717, 1.165) is 59.9 Å². The molecule has 4 atom stereocenters. The Morgan fingerprint density at radius 2 is 0.885 bits per heavy atom. The lowest BCUT2D eigenvalue weighted by Gasteiger charge is -2.33. The largest absolute Gasteiger partial charge is 0.477 e. The summed E-state index contributed by atoms with van der Waals surface area (Å²) in [5.41, 5.74) is 21.5.